The van der Waals surface area contributed by atoms with Gasteiger partial charge in [0.25, 0.3) is 0 Å². The SMILES string of the molecule is C=C(C)C(=O)OC[SiH2]OC(O[Si](C)(C)C)O[Si](C)(C)C. The average Bonchev–Trinajstić information content (AvgIpc) is 2.18. The predicted octanol–water partition coefficient (Wildman–Crippen LogP) is 2.15. The average molecular weight is 337 g/mol. The summed E-state index contributed by atoms with van der Waals surface area (Å²) in [5, 5.41) is 0. The van der Waals surface area contributed by atoms with Gasteiger partial charge in [-0.1, -0.05) is 6.58 Å². The van der Waals surface area contributed by atoms with Gasteiger partial charge < -0.3 is 18.0 Å². The molecule has 0 aromatic carbocycles. The van der Waals surface area contributed by atoms with E-state index >= 15 is 0 Å². The van der Waals surface area contributed by atoms with Crippen molar-refractivity contribution in [3.63, 3.8) is 0 Å². The monoisotopic (exact) mass is 336 g/mol. The molecule has 0 aromatic rings. The van der Waals surface area contributed by atoms with Gasteiger partial charge in [0.05, 0.1) is 0 Å². The molecule has 0 fully saturated rings. The number of hydrogen-bond acceptors (Lipinski definition) is 5. The number of rotatable bonds is 9. The number of esters is 1. The lowest BCUT2D eigenvalue weighted by Gasteiger charge is -2.31. The highest BCUT2D eigenvalue weighted by atomic mass is 28.4. The maximum Gasteiger partial charge on any atom is 0.332 e. The Bertz CT molecular complexity index is 317. The van der Waals surface area contributed by atoms with Gasteiger partial charge >= 0.3 is 5.97 Å². The summed E-state index contributed by atoms with van der Waals surface area (Å²) >= 11 is 0. The van der Waals surface area contributed by atoms with Crippen LogP contribution in [0, 0.1) is 0 Å². The first-order chi connectivity index (χ1) is 8.91. The minimum atomic E-state index is -1.75. The Morgan fingerprint density at radius 1 is 1.10 bits per heavy atom. The lowest BCUT2D eigenvalue weighted by Crippen LogP contribution is -2.42. The molecule has 0 unspecified atom stereocenters. The van der Waals surface area contributed by atoms with Gasteiger partial charge in [0.15, 0.2) is 16.6 Å². The van der Waals surface area contributed by atoms with Crippen LogP contribution in [0.1, 0.15) is 6.92 Å². The van der Waals surface area contributed by atoms with Crippen LogP contribution in [0.5, 0.6) is 0 Å². The summed E-state index contributed by atoms with van der Waals surface area (Å²) in [5.74, 6) is -0.380. The fraction of sp³-hybridized carbons (Fsp3) is 0.750. The van der Waals surface area contributed by atoms with Crippen molar-refractivity contribution in [3.05, 3.63) is 12.2 Å². The van der Waals surface area contributed by atoms with E-state index in [0.717, 1.165) is 0 Å². The molecule has 0 radical (unpaired) electrons. The molecule has 0 saturated heterocycles. The number of ether oxygens (including phenoxy) is 1. The first-order valence-corrected chi connectivity index (χ1v) is 15.1. The topological polar surface area (TPSA) is 54.0 Å². The van der Waals surface area contributed by atoms with E-state index in [1.54, 1.807) is 6.92 Å². The molecular weight excluding hydrogens is 308 g/mol. The number of carbonyl (C=O) groups excluding carboxylic acids is 1. The van der Waals surface area contributed by atoms with Gasteiger partial charge in [-0.05, 0) is 46.2 Å². The molecule has 0 amide bonds. The maximum atomic E-state index is 11.2. The lowest BCUT2D eigenvalue weighted by atomic mass is 10.4. The van der Waals surface area contributed by atoms with E-state index in [0.29, 0.717) is 11.8 Å². The van der Waals surface area contributed by atoms with Crippen LogP contribution in [0.25, 0.3) is 0 Å². The molecule has 118 valence electrons. The van der Waals surface area contributed by atoms with Crippen LogP contribution in [0.2, 0.25) is 39.3 Å². The third-order valence-corrected chi connectivity index (χ3v) is 4.50. The third-order valence-electron chi connectivity index (χ3n) is 1.82. The van der Waals surface area contributed by atoms with Crippen LogP contribution in [-0.4, -0.2) is 45.1 Å². The molecular formula is C12H28O5Si3. The van der Waals surface area contributed by atoms with Crippen LogP contribution in [-0.2, 0) is 22.8 Å². The van der Waals surface area contributed by atoms with E-state index in [2.05, 4.69) is 45.9 Å². The zero-order valence-electron chi connectivity index (χ0n) is 13.7. The van der Waals surface area contributed by atoms with E-state index in [9.17, 15) is 4.79 Å². The molecule has 0 heterocycles. The second-order valence-electron chi connectivity index (χ2n) is 6.54. The zero-order valence-corrected chi connectivity index (χ0v) is 17.2. The summed E-state index contributed by atoms with van der Waals surface area (Å²) < 4.78 is 22.5. The Morgan fingerprint density at radius 2 is 1.55 bits per heavy atom. The molecule has 20 heavy (non-hydrogen) atoms. The fourth-order valence-electron chi connectivity index (χ4n) is 1.07. The van der Waals surface area contributed by atoms with Crippen molar-refractivity contribution < 1.29 is 22.8 Å². The molecule has 8 heteroatoms. The van der Waals surface area contributed by atoms with Crippen LogP contribution < -0.4 is 0 Å². The summed E-state index contributed by atoms with van der Waals surface area (Å²) in [5.41, 5.74) is 0.396. The molecule has 0 spiro atoms. The second kappa shape index (κ2) is 8.25. The third kappa shape index (κ3) is 11.6. The molecule has 0 aliphatic carbocycles. The van der Waals surface area contributed by atoms with Crippen molar-refractivity contribution in [2.45, 2.75) is 52.7 Å². The van der Waals surface area contributed by atoms with Crippen molar-refractivity contribution in [2.24, 2.45) is 0 Å². The van der Waals surface area contributed by atoms with Crippen LogP contribution in [0.4, 0.5) is 0 Å². The van der Waals surface area contributed by atoms with Gasteiger partial charge in [-0.2, -0.15) is 0 Å². The molecule has 0 aromatic heterocycles. The van der Waals surface area contributed by atoms with E-state index in [4.69, 9.17) is 18.0 Å². The molecule has 5 nitrogen and oxygen atoms in total. The van der Waals surface area contributed by atoms with Gasteiger partial charge in [-0.3, -0.25) is 0 Å². The summed E-state index contributed by atoms with van der Waals surface area (Å²) in [6.07, 6.45) is 0.298. The first-order valence-electron chi connectivity index (χ1n) is 6.70. The largest absolute Gasteiger partial charge is 0.464 e. The Morgan fingerprint density at radius 3 is 1.90 bits per heavy atom. The molecule has 0 atom stereocenters. The van der Waals surface area contributed by atoms with Crippen molar-refractivity contribution in [3.8, 4) is 0 Å². The standard InChI is InChI=1S/C12H28O5Si3/c1-10(2)11(13)14-9-18-15-12(16-19(3,4)5)17-20(6,7)8/h12H,1,9,18H2,2-8H3. The molecule has 0 bridgehead atoms. The molecule has 0 saturated carbocycles. The summed E-state index contributed by atoms with van der Waals surface area (Å²) in [7, 11) is -4.53. The number of carbonyl (C=O) groups is 1. The maximum absolute atomic E-state index is 11.2. The highest BCUT2D eigenvalue weighted by Crippen LogP contribution is 2.14. The molecule has 0 N–H and O–H groups in total. The van der Waals surface area contributed by atoms with Gasteiger partial charge in [-0.15, -0.1) is 0 Å². The van der Waals surface area contributed by atoms with Crippen molar-refractivity contribution in [1.29, 1.82) is 0 Å². The van der Waals surface area contributed by atoms with Crippen molar-refractivity contribution in [2.75, 3.05) is 6.23 Å². The van der Waals surface area contributed by atoms with Crippen LogP contribution in [0.3, 0.4) is 0 Å². The van der Waals surface area contributed by atoms with Gasteiger partial charge in [0, 0.05) is 5.57 Å². The minimum Gasteiger partial charge on any atom is -0.464 e. The Kier molecular flexibility index (Phi) is 8.14. The second-order valence-corrected chi connectivity index (χ2v) is 16.6. The fourth-order valence-corrected chi connectivity index (χ4v) is 3.52. The zero-order chi connectivity index (χ0) is 16.0. The minimum absolute atomic E-state index is 0.298. The van der Waals surface area contributed by atoms with Crippen LogP contribution >= 0.6 is 0 Å². The van der Waals surface area contributed by atoms with Crippen molar-refractivity contribution >= 4 is 32.4 Å². The van der Waals surface area contributed by atoms with Gasteiger partial charge in [0.1, 0.15) is 6.23 Å². The summed E-state index contributed by atoms with van der Waals surface area (Å²) in [6, 6.07) is 0. The van der Waals surface area contributed by atoms with Gasteiger partial charge in [0.2, 0.25) is 16.2 Å². The Labute approximate surface area is 126 Å². The molecule has 0 aliphatic rings. The van der Waals surface area contributed by atoms with Crippen molar-refractivity contribution in [1.82, 2.24) is 0 Å². The van der Waals surface area contributed by atoms with E-state index in [1.165, 1.54) is 0 Å². The molecule has 0 aliphatic heterocycles. The number of hydrogen-bond donors (Lipinski definition) is 0. The summed E-state index contributed by atoms with van der Waals surface area (Å²) in [4.78, 5) is 11.2. The normalized spacial score (nSPS) is 13.2. The molecule has 0 rings (SSSR count). The lowest BCUT2D eigenvalue weighted by molar-refractivity contribution is -0.155. The highest BCUT2D eigenvalue weighted by molar-refractivity contribution is 6.70. The van der Waals surface area contributed by atoms with Crippen LogP contribution in [0.15, 0.2) is 12.2 Å². The quantitative estimate of drug-likeness (QED) is 0.212. The smallest absolute Gasteiger partial charge is 0.332 e. The van der Waals surface area contributed by atoms with E-state index in [-0.39, 0.29) is 5.97 Å². The van der Waals surface area contributed by atoms with Gasteiger partial charge in [-0.25, -0.2) is 4.79 Å². The predicted molar refractivity (Wildman–Crippen MR) is 88.1 cm³/mol. The first kappa shape index (κ1) is 19.7. The van der Waals surface area contributed by atoms with E-state index in [1.807, 2.05) is 0 Å². The van der Waals surface area contributed by atoms with E-state index < -0.39 is 32.9 Å². The highest BCUT2D eigenvalue weighted by Gasteiger charge is 2.27. The Hall–Kier alpha value is -0.259. The summed E-state index contributed by atoms with van der Waals surface area (Å²) in [6.45, 7) is 17.0. The Balaban J connectivity index is 4.23.